The van der Waals surface area contributed by atoms with Crippen molar-refractivity contribution >= 4 is 21.1 Å². The standard InChI is InChI=1S/C9H18O7S2.Na/c1-3-5-15-6-4-9(18(12,13)14)8(2)7-16-17(10)11;/h3,8-9,17H,1,4-7H2,2H3,(H,12,13,14);/q;+1/p-1. The predicted molar refractivity (Wildman–Crippen MR) is 64.5 cm³/mol. The van der Waals surface area contributed by atoms with Gasteiger partial charge in [-0.3, -0.25) is 4.18 Å². The molecule has 0 aromatic carbocycles. The van der Waals surface area contributed by atoms with E-state index in [0.717, 1.165) is 0 Å². The second kappa shape index (κ2) is 11.2. The monoisotopic (exact) mass is 324 g/mol. The number of rotatable bonds is 10. The summed E-state index contributed by atoms with van der Waals surface area (Å²) in [4.78, 5) is 0. The molecule has 0 aromatic rings. The summed E-state index contributed by atoms with van der Waals surface area (Å²) < 4.78 is 62.9. The van der Waals surface area contributed by atoms with Gasteiger partial charge in [-0.25, -0.2) is 16.8 Å². The molecule has 0 spiro atoms. The molecule has 0 aliphatic rings. The third-order valence-corrected chi connectivity index (χ3v) is 4.03. The zero-order valence-corrected chi connectivity index (χ0v) is 14.7. The van der Waals surface area contributed by atoms with Gasteiger partial charge in [0.15, 0.2) is 0 Å². The van der Waals surface area contributed by atoms with Gasteiger partial charge in [-0.2, -0.15) is 0 Å². The van der Waals surface area contributed by atoms with Crippen LogP contribution in [0.2, 0.25) is 0 Å². The first-order chi connectivity index (χ1) is 8.29. The smallest absolute Gasteiger partial charge is 0.748 e. The van der Waals surface area contributed by atoms with Crippen molar-refractivity contribution in [2.75, 3.05) is 19.8 Å². The molecule has 7 nitrogen and oxygen atoms in total. The summed E-state index contributed by atoms with van der Waals surface area (Å²) in [6, 6.07) is 0. The van der Waals surface area contributed by atoms with E-state index in [0.29, 0.717) is 0 Å². The molecule has 0 aliphatic heterocycles. The third-order valence-electron chi connectivity index (χ3n) is 2.23. The molecule has 0 amide bonds. The normalized spacial score (nSPS) is 14.7. The minimum Gasteiger partial charge on any atom is -0.748 e. The number of ether oxygens (including phenoxy) is 1. The SMILES string of the molecule is C=CCOCCC(C(C)CO[SH](=O)=O)S(=O)(=O)[O-].[Na+]. The number of thiol groups is 1. The Balaban J connectivity index is 0. The van der Waals surface area contributed by atoms with Crippen LogP contribution in [-0.4, -0.2) is 46.5 Å². The zero-order valence-electron chi connectivity index (χ0n) is 11.0. The van der Waals surface area contributed by atoms with Crippen molar-refractivity contribution in [3.05, 3.63) is 12.7 Å². The van der Waals surface area contributed by atoms with E-state index in [1.165, 1.54) is 13.0 Å². The second-order valence-corrected chi connectivity index (χ2v) is 5.98. The second-order valence-electron chi connectivity index (χ2n) is 3.68. The quantitative estimate of drug-likeness (QED) is 0.147. The largest absolute Gasteiger partial charge is 1.00 e. The van der Waals surface area contributed by atoms with E-state index in [1.54, 1.807) is 0 Å². The predicted octanol–water partition coefficient (Wildman–Crippen LogP) is -3.32. The molecular formula is C9H17NaO7S2. The summed E-state index contributed by atoms with van der Waals surface area (Å²) in [5.74, 6) is -0.729. The average Bonchev–Trinajstić information content (AvgIpc) is 2.24. The average molecular weight is 324 g/mol. The maximum atomic E-state index is 11.0. The minimum absolute atomic E-state index is 0. The van der Waals surface area contributed by atoms with Crippen LogP contribution in [0.1, 0.15) is 13.3 Å². The van der Waals surface area contributed by atoms with E-state index >= 15 is 0 Å². The van der Waals surface area contributed by atoms with Crippen LogP contribution in [0.5, 0.6) is 0 Å². The summed E-state index contributed by atoms with van der Waals surface area (Å²) in [6.45, 7) is 4.84. The van der Waals surface area contributed by atoms with Crippen LogP contribution in [0.3, 0.4) is 0 Å². The molecule has 0 bridgehead atoms. The molecule has 0 N–H and O–H groups in total. The van der Waals surface area contributed by atoms with E-state index in [4.69, 9.17) is 4.74 Å². The van der Waals surface area contributed by atoms with E-state index < -0.39 is 32.3 Å². The van der Waals surface area contributed by atoms with Crippen LogP contribution in [0, 0.1) is 5.92 Å². The fourth-order valence-corrected chi connectivity index (χ4v) is 2.75. The molecule has 0 fully saturated rings. The molecule has 0 saturated heterocycles. The van der Waals surface area contributed by atoms with E-state index in [2.05, 4.69) is 10.8 Å². The van der Waals surface area contributed by atoms with Crippen molar-refractivity contribution in [2.45, 2.75) is 18.6 Å². The molecular weight excluding hydrogens is 307 g/mol. The summed E-state index contributed by atoms with van der Waals surface area (Å²) in [7, 11) is -7.59. The van der Waals surface area contributed by atoms with Crippen LogP contribution in [-0.2, 0) is 30.0 Å². The van der Waals surface area contributed by atoms with Crippen molar-refractivity contribution in [2.24, 2.45) is 5.92 Å². The van der Waals surface area contributed by atoms with Crippen molar-refractivity contribution in [1.82, 2.24) is 0 Å². The molecule has 108 valence electrons. The van der Waals surface area contributed by atoms with Gasteiger partial charge < -0.3 is 9.29 Å². The first kappa shape index (κ1) is 21.8. The topological polar surface area (TPSA) is 110 Å². The van der Waals surface area contributed by atoms with Crippen molar-refractivity contribution in [1.29, 1.82) is 0 Å². The van der Waals surface area contributed by atoms with Gasteiger partial charge in [0.1, 0.15) is 0 Å². The van der Waals surface area contributed by atoms with Crippen LogP contribution in [0.4, 0.5) is 0 Å². The zero-order chi connectivity index (χ0) is 14.2. The molecule has 0 saturated carbocycles. The molecule has 2 atom stereocenters. The summed E-state index contributed by atoms with van der Waals surface area (Å²) in [6.07, 6.45) is 1.48. The maximum Gasteiger partial charge on any atom is 1.00 e. The van der Waals surface area contributed by atoms with E-state index in [9.17, 15) is 21.4 Å². The fourth-order valence-electron chi connectivity index (χ4n) is 1.37. The Morgan fingerprint density at radius 1 is 1.42 bits per heavy atom. The van der Waals surface area contributed by atoms with Gasteiger partial charge in [-0.1, -0.05) is 13.0 Å². The van der Waals surface area contributed by atoms with Crippen molar-refractivity contribution in [3.63, 3.8) is 0 Å². The molecule has 0 heterocycles. The summed E-state index contributed by atoms with van der Waals surface area (Å²) in [5.41, 5.74) is 0. The van der Waals surface area contributed by atoms with Crippen LogP contribution < -0.4 is 29.6 Å². The first-order valence-electron chi connectivity index (χ1n) is 5.19. The molecule has 19 heavy (non-hydrogen) atoms. The van der Waals surface area contributed by atoms with Gasteiger partial charge in [0.25, 0.3) is 11.0 Å². The van der Waals surface area contributed by atoms with Crippen molar-refractivity contribution in [3.8, 4) is 0 Å². The molecule has 0 aliphatic carbocycles. The summed E-state index contributed by atoms with van der Waals surface area (Å²) in [5, 5.41) is -1.24. The fraction of sp³-hybridized carbons (Fsp3) is 0.778. The van der Waals surface area contributed by atoms with Crippen LogP contribution in [0.25, 0.3) is 0 Å². The van der Waals surface area contributed by atoms with Gasteiger partial charge >= 0.3 is 29.6 Å². The van der Waals surface area contributed by atoms with Gasteiger partial charge in [0, 0.05) is 6.61 Å². The van der Waals surface area contributed by atoms with Gasteiger partial charge in [-0.05, 0) is 12.3 Å². The van der Waals surface area contributed by atoms with Crippen LogP contribution >= 0.6 is 0 Å². The minimum atomic E-state index is -4.53. The number of hydrogen-bond donors (Lipinski definition) is 1. The Morgan fingerprint density at radius 2 is 2.00 bits per heavy atom. The molecule has 10 heteroatoms. The van der Waals surface area contributed by atoms with Gasteiger partial charge in [0.05, 0.1) is 28.6 Å². The Hall–Kier alpha value is 0.520. The van der Waals surface area contributed by atoms with Gasteiger partial charge in [-0.15, -0.1) is 6.58 Å². The van der Waals surface area contributed by atoms with E-state index in [1.807, 2.05) is 0 Å². The maximum absolute atomic E-state index is 11.0. The Labute approximate surface area is 137 Å². The molecule has 0 rings (SSSR count). The number of hydrogen-bond acceptors (Lipinski definition) is 7. The summed E-state index contributed by atoms with van der Waals surface area (Å²) >= 11 is 0. The van der Waals surface area contributed by atoms with Crippen molar-refractivity contribution < 1.29 is 59.9 Å². The molecule has 0 radical (unpaired) electrons. The van der Waals surface area contributed by atoms with E-state index in [-0.39, 0.29) is 55.8 Å². The van der Waals surface area contributed by atoms with Crippen LogP contribution in [0.15, 0.2) is 12.7 Å². The molecule has 2 unspecified atom stereocenters. The Bertz CT molecular complexity index is 410. The van der Waals surface area contributed by atoms with Gasteiger partial charge in [0.2, 0.25) is 0 Å². The third kappa shape index (κ3) is 10.9. The first-order valence-corrected chi connectivity index (χ1v) is 7.76. The molecule has 0 aromatic heterocycles. The Kier molecular flexibility index (Phi) is 12.9. The Morgan fingerprint density at radius 3 is 2.42 bits per heavy atom.